The largest absolute Gasteiger partial charge is 0.493 e. The van der Waals surface area contributed by atoms with Gasteiger partial charge in [-0.15, -0.1) is 0 Å². The van der Waals surface area contributed by atoms with E-state index in [1.165, 1.54) is 13.3 Å². The van der Waals surface area contributed by atoms with Gasteiger partial charge in [-0.05, 0) is 51.2 Å². The quantitative estimate of drug-likeness (QED) is 0.252. The van der Waals surface area contributed by atoms with Crippen molar-refractivity contribution >= 4 is 34.7 Å². The SMILES string of the molecule is CCOC(=O)c1cn(CCCCCOc2cc3c(cc2OC)C(=O)N2CCC[C@H]2C=N3)c2cc(F)c(F)cc2c1=O. The minimum absolute atomic E-state index is 0.00832. The number of aromatic nitrogens is 1. The molecule has 2 aliphatic heterocycles. The van der Waals surface area contributed by atoms with Crippen LogP contribution < -0.4 is 14.9 Å². The molecule has 0 spiro atoms. The van der Waals surface area contributed by atoms with Gasteiger partial charge in [-0.2, -0.15) is 0 Å². The molecule has 9 nitrogen and oxygen atoms in total. The van der Waals surface area contributed by atoms with Crippen molar-refractivity contribution < 1.29 is 32.6 Å². The lowest BCUT2D eigenvalue weighted by atomic mass is 10.1. The Morgan fingerprint density at radius 1 is 1.07 bits per heavy atom. The van der Waals surface area contributed by atoms with Gasteiger partial charge in [0, 0.05) is 43.0 Å². The van der Waals surface area contributed by atoms with Gasteiger partial charge in [-0.3, -0.25) is 14.6 Å². The summed E-state index contributed by atoms with van der Waals surface area (Å²) in [4.78, 5) is 44.5. The van der Waals surface area contributed by atoms with Crippen molar-refractivity contribution in [3.63, 3.8) is 0 Å². The zero-order valence-electron chi connectivity index (χ0n) is 23.0. The molecule has 1 amide bonds. The summed E-state index contributed by atoms with van der Waals surface area (Å²) in [7, 11) is 1.52. The third kappa shape index (κ3) is 5.66. The summed E-state index contributed by atoms with van der Waals surface area (Å²) in [6.45, 7) is 3.11. The molecule has 11 heteroatoms. The standard InChI is InChI=1S/C30H31F2N3O6/c1-3-40-30(38)21-17-34(25-14-23(32)22(31)12-20(25)28(21)36)9-5-4-6-11-41-27-15-24-19(13-26(27)39-2)29(37)35-10-7-8-18(35)16-33-24/h12-18H,3-11H2,1-2H3/t18-/m0/s1. The maximum atomic E-state index is 14.0. The molecule has 3 heterocycles. The molecule has 1 fully saturated rings. The number of hydrogen-bond donors (Lipinski definition) is 0. The second-order valence-corrected chi connectivity index (χ2v) is 9.98. The molecule has 1 atom stereocenters. The van der Waals surface area contributed by atoms with E-state index < -0.39 is 23.0 Å². The highest BCUT2D eigenvalue weighted by Gasteiger charge is 2.32. The van der Waals surface area contributed by atoms with Gasteiger partial charge in [0.15, 0.2) is 23.1 Å². The van der Waals surface area contributed by atoms with E-state index in [2.05, 4.69) is 4.99 Å². The molecule has 216 valence electrons. The number of ether oxygens (including phenoxy) is 3. The lowest BCUT2D eigenvalue weighted by Crippen LogP contribution is -2.35. The van der Waals surface area contributed by atoms with Gasteiger partial charge in [0.05, 0.1) is 43.1 Å². The van der Waals surface area contributed by atoms with Crippen LogP contribution in [0, 0.1) is 11.6 Å². The number of aryl methyl sites for hydroxylation is 1. The summed E-state index contributed by atoms with van der Waals surface area (Å²) in [5, 5.41) is -0.0883. The van der Waals surface area contributed by atoms with Crippen molar-refractivity contribution in [3.05, 3.63) is 63.4 Å². The van der Waals surface area contributed by atoms with Crippen LogP contribution in [0.3, 0.4) is 0 Å². The van der Waals surface area contributed by atoms with Gasteiger partial charge in [-0.25, -0.2) is 13.6 Å². The number of amides is 1. The average molecular weight is 568 g/mol. The van der Waals surface area contributed by atoms with E-state index >= 15 is 0 Å². The van der Waals surface area contributed by atoms with Crippen LogP contribution >= 0.6 is 0 Å². The predicted molar refractivity (Wildman–Crippen MR) is 149 cm³/mol. The molecule has 3 aromatic rings. The van der Waals surface area contributed by atoms with Crippen molar-refractivity contribution in [2.75, 3.05) is 26.9 Å². The predicted octanol–water partition coefficient (Wildman–Crippen LogP) is 5.03. The number of methoxy groups -OCH3 is 1. The highest BCUT2D eigenvalue weighted by molar-refractivity contribution is 6.03. The van der Waals surface area contributed by atoms with Crippen LogP contribution in [0.5, 0.6) is 11.5 Å². The summed E-state index contributed by atoms with van der Waals surface area (Å²) in [5.41, 5.74) is 0.297. The second kappa shape index (κ2) is 12.1. The third-order valence-electron chi connectivity index (χ3n) is 7.38. The molecule has 2 aliphatic rings. The molecular weight excluding hydrogens is 536 g/mol. The molecule has 1 saturated heterocycles. The first-order valence-corrected chi connectivity index (χ1v) is 13.7. The number of hydrogen-bond acceptors (Lipinski definition) is 7. The first-order chi connectivity index (χ1) is 19.8. The van der Waals surface area contributed by atoms with Crippen LogP contribution in [-0.4, -0.2) is 60.5 Å². The molecule has 2 aromatic carbocycles. The molecule has 0 bridgehead atoms. The van der Waals surface area contributed by atoms with E-state index in [1.54, 1.807) is 23.6 Å². The van der Waals surface area contributed by atoms with Gasteiger partial charge in [0.25, 0.3) is 5.91 Å². The Balaban J connectivity index is 1.24. The second-order valence-electron chi connectivity index (χ2n) is 9.98. The number of carbonyl (C=O) groups is 2. The fourth-order valence-electron chi connectivity index (χ4n) is 5.29. The molecular formula is C30H31F2N3O6. The molecule has 41 heavy (non-hydrogen) atoms. The van der Waals surface area contributed by atoms with Crippen molar-refractivity contribution in [2.45, 2.75) is 51.6 Å². The number of esters is 1. The molecule has 1 aromatic heterocycles. The number of unbranched alkanes of at least 4 members (excludes halogenated alkanes) is 2. The summed E-state index contributed by atoms with van der Waals surface area (Å²) in [6, 6.07) is 5.19. The monoisotopic (exact) mass is 567 g/mol. The van der Waals surface area contributed by atoms with Gasteiger partial charge < -0.3 is 23.7 Å². The first kappa shape index (κ1) is 28.3. The van der Waals surface area contributed by atoms with Crippen LogP contribution in [0.15, 0.2) is 40.2 Å². The smallest absolute Gasteiger partial charge is 0.343 e. The maximum Gasteiger partial charge on any atom is 0.343 e. The Kier molecular flexibility index (Phi) is 8.32. The Morgan fingerprint density at radius 3 is 2.66 bits per heavy atom. The number of rotatable bonds is 10. The summed E-state index contributed by atoms with van der Waals surface area (Å²) in [5.74, 6) is -2.18. The highest BCUT2D eigenvalue weighted by atomic mass is 19.2. The highest BCUT2D eigenvalue weighted by Crippen LogP contribution is 2.38. The van der Waals surface area contributed by atoms with Gasteiger partial charge in [0.2, 0.25) is 5.43 Å². The van der Waals surface area contributed by atoms with E-state index in [0.717, 1.165) is 25.0 Å². The Bertz CT molecular complexity index is 1580. The maximum absolute atomic E-state index is 14.0. The number of halogens is 2. The minimum Gasteiger partial charge on any atom is -0.493 e. The zero-order valence-corrected chi connectivity index (χ0v) is 23.0. The minimum atomic E-state index is -1.16. The number of pyridine rings is 1. The topological polar surface area (TPSA) is 99.4 Å². The zero-order chi connectivity index (χ0) is 29.1. The van der Waals surface area contributed by atoms with Crippen molar-refractivity contribution in [3.8, 4) is 11.5 Å². The van der Waals surface area contributed by atoms with Crippen molar-refractivity contribution in [1.82, 2.24) is 9.47 Å². The van der Waals surface area contributed by atoms with E-state index in [9.17, 15) is 23.2 Å². The summed E-state index contributed by atoms with van der Waals surface area (Å²) >= 11 is 0. The molecule has 0 saturated carbocycles. The number of fused-ring (bicyclic) bond motifs is 3. The van der Waals surface area contributed by atoms with Crippen LogP contribution in [0.2, 0.25) is 0 Å². The van der Waals surface area contributed by atoms with Crippen molar-refractivity contribution in [2.24, 2.45) is 4.99 Å². The van der Waals surface area contributed by atoms with E-state index in [4.69, 9.17) is 14.2 Å². The number of carbonyl (C=O) groups excluding carboxylic acids is 2. The van der Waals surface area contributed by atoms with E-state index in [1.807, 2.05) is 11.1 Å². The normalized spacial score (nSPS) is 16.0. The third-order valence-corrected chi connectivity index (χ3v) is 7.38. The van der Waals surface area contributed by atoms with Crippen LogP contribution in [0.1, 0.15) is 59.7 Å². The first-order valence-electron chi connectivity index (χ1n) is 13.7. The lowest BCUT2D eigenvalue weighted by molar-refractivity contribution is 0.0524. The molecule has 0 unspecified atom stereocenters. The van der Waals surface area contributed by atoms with Crippen LogP contribution in [-0.2, 0) is 11.3 Å². The summed E-state index contributed by atoms with van der Waals surface area (Å²) < 4.78 is 46.0. The number of nitrogens with zero attached hydrogens (tertiary/aromatic N) is 3. The molecule has 5 rings (SSSR count). The Morgan fingerprint density at radius 2 is 1.88 bits per heavy atom. The van der Waals surface area contributed by atoms with Crippen molar-refractivity contribution in [1.29, 1.82) is 0 Å². The van der Waals surface area contributed by atoms with E-state index in [-0.39, 0.29) is 35.0 Å². The van der Waals surface area contributed by atoms with Crippen LogP contribution in [0.25, 0.3) is 10.9 Å². The van der Waals surface area contributed by atoms with Crippen LogP contribution in [0.4, 0.5) is 14.5 Å². The Labute approximate surface area is 235 Å². The lowest BCUT2D eigenvalue weighted by Gasteiger charge is -2.20. The average Bonchev–Trinajstić information content (AvgIpc) is 3.39. The van der Waals surface area contributed by atoms with Gasteiger partial charge in [0.1, 0.15) is 5.56 Å². The summed E-state index contributed by atoms with van der Waals surface area (Å²) in [6.07, 6.45) is 6.98. The molecule has 0 N–H and O–H groups in total. The van der Waals surface area contributed by atoms with E-state index in [0.29, 0.717) is 61.7 Å². The fourth-order valence-corrected chi connectivity index (χ4v) is 5.29. The molecule has 0 aliphatic carbocycles. The number of aliphatic imine (C=N–C) groups is 1. The fraction of sp³-hybridized carbons (Fsp3) is 0.400. The number of benzene rings is 2. The van der Waals surface area contributed by atoms with Gasteiger partial charge >= 0.3 is 5.97 Å². The Hall–Kier alpha value is -4.28. The molecule has 0 radical (unpaired) electrons. The van der Waals surface area contributed by atoms with Gasteiger partial charge in [-0.1, -0.05) is 0 Å².